The number of carbonyl (C=O) groups excluding carboxylic acids is 2. The fourth-order valence-corrected chi connectivity index (χ4v) is 5.08. The van der Waals surface area contributed by atoms with E-state index in [1.54, 1.807) is 17.8 Å². The predicted octanol–water partition coefficient (Wildman–Crippen LogP) is 3.61. The number of hydrogen-bond donors (Lipinski definition) is 0. The van der Waals surface area contributed by atoms with Crippen molar-refractivity contribution in [2.75, 3.05) is 33.3 Å². The minimum atomic E-state index is 0.0205. The highest BCUT2D eigenvalue weighted by Gasteiger charge is 2.28. The number of carbonyl (C=O) groups is 2. The lowest BCUT2D eigenvalue weighted by atomic mass is 9.89. The molecular weight excluding hydrogens is 416 g/mol. The SMILES string of the molecule is CO[C@@H]1CCCN(C(=O)c2cnn3ccc(C4CCN(C(=O)c5ccccc5)CC4)cc23)C1. The molecule has 2 aliphatic rings. The quantitative estimate of drug-likeness (QED) is 0.614. The maximum absolute atomic E-state index is 13.2. The first-order chi connectivity index (χ1) is 16.1. The number of likely N-dealkylation sites (tertiary alicyclic amines) is 2. The molecule has 2 aromatic heterocycles. The van der Waals surface area contributed by atoms with Crippen LogP contribution in [0.2, 0.25) is 0 Å². The Hall–Kier alpha value is -3.19. The molecule has 1 aromatic carbocycles. The Morgan fingerprint density at radius 3 is 2.52 bits per heavy atom. The number of pyridine rings is 1. The summed E-state index contributed by atoms with van der Waals surface area (Å²) in [5.74, 6) is 0.483. The summed E-state index contributed by atoms with van der Waals surface area (Å²) in [5, 5.41) is 4.41. The van der Waals surface area contributed by atoms with Crippen molar-refractivity contribution >= 4 is 17.3 Å². The number of hydrogen-bond acceptors (Lipinski definition) is 4. The van der Waals surface area contributed by atoms with E-state index in [0.29, 0.717) is 18.0 Å². The molecule has 0 spiro atoms. The first-order valence-corrected chi connectivity index (χ1v) is 11.8. The van der Waals surface area contributed by atoms with Gasteiger partial charge in [-0.05, 0) is 61.4 Å². The third-order valence-corrected chi connectivity index (χ3v) is 7.05. The number of amides is 2. The average molecular weight is 447 g/mol. The second kappa shape index (κ2) is 9.35. The van der Waals surface area contributed by atoms with Gasteiger partial charge in [0, 0.05) is 45.0 Å². The Morgan fingerprint density at radius 2 is 1.76 bits per heavy atom. The van der Waals surface area contributed by atoms with Gasteiger partial charge in [0.1, 0.15) is 0 Å². The van der Waals surface area contributed by atoms with Gasteiger partial charge in [0.15, 0.2) is 0 Å². The number of fused-ring (bicyclic) bond motifs is 1. The fraction of sp³-hybridized carbons (Fsp3) is 0.423. The fourth-order valence-electron chi connectivity index (χ4n) is 5.08. The zero-order chi connectivity index (χ0) is 22.8. The molecule has 2 fully saturated rings. The number of methoxy groups -OCH3 is 1. The third kappa shape index (κ3) is 4.37. The topological polar surface area (TPSA) is 67.2 Å². The van der Waals surface area contributed by atoms with Gasteiger partial charge in [-0.3, -0.25) is 9.59 Å². The van der Waals surface area contributed by atoms with Crippen molar-refractivity contribution in [3.8, 4) is 0 Å². The predicted molar refractivity (Wildman–Crippen MR) is 125 cm³/mol. The van der Waals surface area contributed by atoms with Gasteiger partial charge >= 0.3 is 0 Å². The molecule has 1 atom stereocenters. The Bertz CT molecular complexity index is 1130. The first kappa shape index (κ1) is 21.6. The van der Waals surface area contributed by atoms with Crippen LogP contribution in [0.5, 0.6) is 0 Å². The van der Waals surface area contributed by atoms with Gasteiger partial charge in [-0.1, -0.05) is 18.2 Å². The summed E-state index contributed by atoms with van der Waals surface area (Å²) in [7, 11) is 1.71. The van der Waals surface area contributed by atoms with Crippen LogP contribution in [0.3, 0.4) is 0 Å². The molecule has 2 saturated heterocycles. The molecule has 4 heterocycles. The molecule has 7 nitrogen and oxygen atoms in total. The zero-order valence-electron chi connectivity index (χ0n) is 19.0. The van der Waals surface area contributed by atoms with Crippen molar-refractivity contribution in [3.05, 3.63) is 71.5 Å². The number of nitrogens with zero attached hydrogens (tertiary/aromatic N) is 4. The van der Waals surface area contributed by atoms with E-state index in [-0.39, 0.29) is 17.9 Å². The molecule has 0 saturated carbocycles. The van der Waals surface area contributed by atoms with E-state index >= 15 is 0 Å². The monoisotopic (exact) mass is 446 g/mol. The molecule has 5 rings (SSSR count). The van der Waals surface area contributed by atoms with E-state index in [4.69, 9.17) is 4.74 Å². The maximum Gasteiger partial charge on any atom is 0.257 e. The number of piperidine rings is 2. The van der Waals surface area contributed by atoms with E-state index < -0.39 is 0 Å². The van der Waals surface area contributed by atoms with Crippen LogP contribution in [0.1, 0.15) is 57.9 Å². The highest BCUT2D eigenvalue weighted by Crippen LogP contribution is 2.30. The summed E-state index contributed by atoms with van der Waals surface area (Å²) in [5.41, 5.74) is 3.44. The molecule has 3 aromatic rings. The molecule has 33 heavy (non-hydrogen) atoms. The summed E-state index contributed by atoms with van der Waals surface area (Å²) < 4.78 is 7.27. The van der Waals surface area contributed by atoms with Crippen molar-refractivity contribution in [1.82, 2.24) is 19.4 Å². The van der Waals surface area contributed by atoms with E-state index in [0.717, 1.165) is 56.4 Å². The van der Waals surface area contributed by atoms with Crippen LogP contribution in [-0.4, -0.2) is 70.6 Å². The summed E-state index contributed by atoms with van der Waals surface area (Å²) in [6.45, 7) is 2.85. The standard InChI is InChI=1S/C26H30N4O3/c1-33-22-8-5-12-29(18-22)26(32)23-17-27-30-15-11-21(16-24(23)30)19-9-13-28(14-10-19)25(31)20-6-3-2-4-7-20/h2-4,6-7,11,15-17,19,22H,5,8-10,12-14,18H2,1H3/t22-/m1/s1. The Balaban J connectivity index is 1.30. The summed E-state index contributed by atoms with van der Waals surface area (Å²) >= 11 is 0. The molecule has 2 aliphatic heterocycles. The van der Waals surface area contributed by atoms with Crippen LogP contribution in [0.25, 0.3) is 5.52 Å². The van der Waals surface area contributed by atoms with Gasteiger partial charge in [-0.2, -0.15) is 5.10 Å². The molecule has 0 unspecified atom stereocenters. The van der Waals surface area contributed by atoms with Crippen molar-refractivity contribution < 1.29 is 14.3 Å². The van der Waals surface area contributed by atoms with Gasteiger partial charge in [0.05, 0.1) is 23.4 Å². The lowest BCUT2D eigenvalue weighted by Crippen LogP contribution is -2.42. The number of ether oxygens (including phenoxy) is 1. The van der Waals surface area contributed by atoms with Crippen molar-refractivity contribution in [3.63, 3.8) is 0 Å². The summed E-state index contributed by atoms with van der Waals surface area (Å²) in [6.07, 6.45) is 7.49. The van der Waals surface area contributed by atoms with Crippen molar-refractivity contribution in [1.29, 1.82) is 0 Å². The average Bonchev–Trinajstić information content (AvgIpc) is 3.32. The molecule has 172 valence electrons. The molecule has 7 heteroatoms. The van der Waals surface area contributed by atoms with E-state index in [2.05, 4.69) is 17.2 Å². The Morgan fingerprint density at radius 1 is 0.970 bits per heavy atom. The first-order valence-electron chi connectivity index (χ1n) is 11.8. The number of aromatic nitrogens is 2. The van der Waals surface area contributed by atoms with Crippen LogP contribution in [-0.2, 0) is 4.74 Å². The van der Waals surface area contributed by atoms with Gasteiger partial charge in [-0.15, -0.1) is 0 Å². The molecule has 2 amide bonds. The minimum Gasteiger partial charge on any atom is -0.380 e. The smallest absolute Gasteiger partial charge is 0.257 e. The van der Waals surface area contributed by atoms with Crippen LogP contribution >= 0.6 is 0 Å². The lowest BCUT2D eigenvalue weighted by molar-refractivity contribution is 0.0270. The molecular formula is C26H30N4O3. The van der Waals surface area contributed by atoms with E-state index in [1.165, 1.54) is 5.56 Å². The number of rotatable bonds is 4. The molecule has 0 aliphatic carbocycles. The van der Waals surface area contributed by atoms with Crippen LogP contribution < -0.4 is 0 Å². The zero-order valence-corrected chi connectivity index (χ0v) is 19.0. The summed E-state index contributed by atoms with van der Waals surface area (Å²) in [4.78, 5) is 29.8. The molecule has 0 N–H and O–H groups in total. The van der Waals surface area contributed by atoms with Gasteiger partial charge in [0.25, 0.3) is 11.8 Å². The van der Waals surface area contributed by atoms with Crippen LogP contribution in [0.4, 0.5) is 0 Å². The molecule has 0 radical (unpaired) electrons. The maximum atomic E-state index is 13.2. The summed E-state index contributed by atoms with van der Waals surface area (Å²) in [6, 6.07) is 13.7. The second-order valence-corrected chi connectivity index (χ2v) is 9.03. The second-order valence-electron chi connectivity index (χ2n) is 9.03. The number of benzene rings is 1. The third-order valence-electron chi connectivity index (χ3n) is 7.05. The highest BCUT2D eigenvalue weighted by atomic mass is 16.5. The van der Waals surface area contributed by atoms with Gasteiger partial charge in [0.2, 0.25) is 0 Å². The van der Waals surface area contributed by atoms with Crippen LogP contribution in [0, 0.1) is 0 Å². The van der Waals surface area contributed by atoms with Gasteiger partial charge in [-0.25, -0.2) is 4.52 Å². The van der Waals surface area contributed by atoms with Gasteiger partial charge < -0.3 is 14.5 Å². The van der Waals surface area contributed by atoms with Crippen molar-refractivity contribution in [2.24, 2.45) is 0 Å². The Labute approximate surface area is 193 Å². The molecule has 0 bridgehead atoms. The Kier molecular flexibility index (Phi) is 6.13. The van der Waals surface area contributed by atoms with E-state index in [1.807, 2.05) is 46.3 Å². The van der Waals surface area contributed by atoms with Crippen molar-refractivity contribution in [2.45, 2.75) is 37.7 Å². The van der Waals surface area contributed by atoms with E-state index in [9.17, 15) is 9.59 Å². The minimum absolute atomic E-state index is 0.0205. The highest BCUT2D eigenvalue weighted by molar-refractivity contribution is 6.00. The normalized spacial score (nSPS) is 19.7. The van der Waals surface area contributed by atoms with Crippen LogP contribution in [0.15, 0.2) is 54.9 Å². The largest absolute Gasteiger partial charge is 0.380 e. The lowest BCUT2D eigenvalue weighted by Gasteiger charge is -2.32.